The fraction of sp³-hybridized carbons (Fsp3) is 0.545. The lowest BCUT2D eigenvalue weighted by atomic mass is 10.0. The number of nitrogens with zero attached hydrogens (tertiary/aromatic N) is 7. The van der Waals surface area contributed by atoms with E-state index >= 15 is 0 Å². The Hall–Kier alpha value is -2.25. The molecule has 3 heterocycles. The van der Waals surface area contributed by atoms with Gasteiger partial charge in [0.05, 0.1) is 0 Å². The summed E-state index contributed by atoms with van der Waals surface area (Å²) in [5.41, 5.74) is 5.77. The molecule has 1 aliphatic rings. The van der Waals surface area contributed by atoms with E-state index in [-0.39, 0.29) is 5.95 Å². The van der Waals surface area contributed by atoms with Crippen molar-refractivity contribution >= 4 is 11.9 Å². The molecule has 1 atom stereocenters. The monoisotopic (exact) mass is 260 g/mol. The largest absolute Gasteiger partial charge is 0.368 e. The molecule has 8 heteroatoms. The fourth-order valence-corrected chi connectivity index (χ4v) is 2.31. The summed E-state index contributed by atoms with van der Waals surface area (Å²) in [7, 11) is 0. The third kappa shape index (κ3) is 2.33. The molecule has 0 aromatic carbocycles. The maximum atomic E-state index is 5.77. The van der Waals surface area contributed by atoms with Gasteiger partial charge in [-0.2, -0.15) is 24.7 Å². The van der Waals surface area contributed by atoms with Crippen LogP contribution in [0.2, 0.25) is 0 Å². The number of nitrogen functional groups attached to an aromatic ring is 1. The molecule has 100 valence electrons. The van der Waals surface area contributed by atoms with E-state index in [1.165, 1.54) is 23.8 Å². The Kier molecular flexibility index (Phi) is 2.98. The van der Waals surface area contributed by atoms with Crippen LogP contribution in [0.5, 0.6) is 0 Å². The molecular weight excluding hydrogens is 244 g/mol. The van der Waals surface area contributed by atoms with E-state index in [9.17, 15) is 0 Å². The highest BCUT2D eigenvalue weighted by Gasteiger charge is 2.22. The third-order valence-electron chi connectivity index (χ3n) is 3.31. The first-order valence-corrected chi connectivity index (χ1v) is 6.37. The molecule has 1 aliphatic heterocycles. The number of nitrogens with two attached hydrogens (primary N) is 1. The summed E-state index contributed by atoms with van der Waals surface area (Å²) in [4.78, 5) is 18.8. The first-order valence-electron chi connectivity index (χ1n) is 6.37. The maximum absolute atomic E-state index is 5.77. The van der Waals surface area contributed by atoms with E-state index < -0.39 is 0 Å². The maximum Gasteiger partial charge on any atom is 0.258 e. The van der Waals surface area contributed by atoms with Crippen LogP contribution >= 0.6 is 0 Å². The van der Waals surface area contributed by atoms with Gasteiger partial charge in [0.1, 0.15) is 12.7 Å². The number of rotatable bonds is 2. The number of hydrogen-bond donors (Lipinski definition) is 1. The molecule has 0 amide bonds. The SMILES string of the molecule is CC1CCCCN1c1nc(N)nc(-n2cncn2)n1. The molecule has 19 heavy (non-hydrogen) atoms. The normalized spacial score (nSPS) is 19.6. The van der Waals surface area contributed by atoms with Crippen LogP contribution in [0.15, 0.2) is 12.7 Å². The van der Waals surface area contributed by atoms with Gasteiger partial charge in [0.15, 0.2) is 0 Å². The van der Waals surface area contributed by atoms with Crippen LogP contribution in [0.1, 0.15) is 26.2 Å². The summed E-state index contributed by atoms with van der Waals surface area (Å²) in [5, 5.41) is 4.01. The number of aromatic nitrogens is 6. The summed E-state index contributed by atoms with van der Waals surface area (Å²) in [6.07, 6.45) is 6.51. The Balaban J connectivity index is 1.97. The second-order valence-electron chi connectivity index (χ2n) is 4.67. The van der Waals surface area contributed by atoms with Gasteiger partial charge in [-0.05, 0) is 26.2 Å². The minimum atomic E-state index is 0.202. The first kappa shape index (κ1) is 11.8. The van der Waals surface area contributed by atoms with Crippen LogP contribution in [0.3, 0.4) is 0 Å². The van der Waals surface area contributed by atoms with E-state index in [2.05, 4.69) is 36.9 Å². The lowest BCUT2D eigenvalue weighted by molar-refractivity contribution is 0.476. The van der Waals surface area contributed by atoms with Crippen LogP contribution in [0.25, 0.3) is 5.95 Å². The van der Waals surface area contributed by atoms with Crippen molar-refractivity contribution in [3.63, 3.8) is 0 Å². The van der Waals surface area contributed by atoms with Crippen LogP contribution < -0.4 is 10.6 Å². The predicted molar refractivity (Wildman–Crippen MR) is 69.8 cm³/mol. The molecule has 0 bridgehead atoms. The highest BCUT2D eigenvalue weighted by atomic mass is 15.4. The number of anilines is 2. The average Bonchev–Trinajstić information content (AvgIpc) is 2.92. The van der Waals surface area contributed by atoms with Gasteiger partial charge >= 0.3 is 0 Å². The molecule has 1 saturated heterocycles. The molecule has 2 aromatic heterocycles. The van der Waals surface area contributed by atoms with Gasteiger partial charge in [-0.1, -0.05) is 0 Å². The van der Waals surface area contributed by atoms with Crippen molar-refractivity contribution in [2.75, 3.05) is 17.2 Å². The standard InChI is InChI=1S/C11H16N8/c1-8-4-2-3-5-18(8)10-15-9(12)16-11(17-10)19-7-13-6-14-19/h6-8H,2-5H2,1H3,(H2,12,15,16,17). The topological polar surface area (TPSA) is 98.6 Å². The van der Waals surface area contributed by atoms with E-state index in [1.54, 1.807) is 0 Å². The molecule has 2 aromatic rings. The number of hydrogen-bond acceptors (Lipinski definition) is 7. The quantitative estimate of drug-likeness (QED) is 0.835. The molecule has 0 aliphatic carbocycles. The summed E-state index contributed by atoms with van der Waals surface area (Å²) >= 11 is 0. The molecule has 1 unspecified atom stereocenters. The molecule has 3 rings (SSSR count). The van der Waals surface area contributed by atoms with Gasteiger partial charge in [0, 0.05) is 12.6 Å². The summed E-state index contributed by atoms with van der Waals surface area (Å²) in [6, 6.07) is 0.416. The Labute approximate surface area is 110 Å². The Bertz CT molecular complexity index is 552. The van der Waals surface area contributed by atoms with Crippen molar-refractivity contribution in [2.24, 2.45) is 0 Å². The van der Waals surface area contributed by atoms with E-state index in [4.69, 9.17) is 5.73 Å². The fourth-order valence-electron chi connectivity index (χ4n) is 2.31. The molecular formula is C11H16N8. The van der Waals surface area contributed by atoms with Crippen molar-refractivity contribution in [1.29, 1.82) is 0 Å². The summed E-state index contributed by atoms with van der Waals surface area (Å²) in [6.45, 7) is 3.12. The van der Waals surface area contributed by atoms with E-state index in [0.29, 0.717) is 17.9 Å². The first-order chi connectivity index (χ1) is 9.24. The molecule has 1 fully saturated rings. The Morgan fingerprint density at radius 1 is 1.21 bits per heavy atom. The zero-order valence-electron chi connectivity index (χ0n) is 10.8. The predicted octanol–water partition coefficient (Wildman–Crippen LogP) is 0.413. The number of piperidine rings is 1. The molecule has 8 nitrogen and oxygen atoms in total. The average molecular weight is 260 g/mol. The molecule has 2 N–H and O–H groups in total. The lowest BCUT2D eigenvalue weighted by Gasteiger charge is -2.33. The van der Waals surface area contributed by atoms with Gasteiger partial charge in [0.2, 0.25) is 11.9 Å². The van der Waals surface area contributed by atoms with Crippen molar-refractivity contribution in [3.05, 3.63) is 12.7 Å². The zero-order valence-corrected chi connectivity index (χ0v) is 10.8. The van der Waals surface area contributed by atoms with Crippen LogP contribution in [0.4, 0.5) is 11.9 Å². The minimum Gasteiger partial charge on any atom is -0.368 e. The van der Waals surface area contributed by atoms with Gasteiger partial charge in [-0.25, -0.2) is 4.98 Å². The van der Waals surface area contributed by atoms with Gasteiger partial charge < -0.3 is 10.6 Å². The van der Waals surface area contributed by atoms with Crippen molar-refractivity contribution in [3.8, 4) is 5.95 Å². The van der Waals surface area contributed by atoms with Crippen LogP contribution in [0, 0.1) is 0 Å². The third-order valence-corrected chi connectivity index (χ3v) is 3.31. The summed E-state index contributed by atoms with van der Waals surface area (Å²) < 4.78 is 1.48. The smallest absolute Gasteiger partial charge is 0.258 e. The van der Waals surface area contributed by atoms with Gasteiger partial charge in [-0.15, -0.1) is 0 Å². The molecule has 0 radical (unpaired) electrons. The highest BCUT2D eigenvalue weighted by molar-refractivity contribution is 5.38. The van der Waals surface area contributed by atoms with Crippen molar-refractivity contribution < 1.29 is 0 Å². The summed E-state index contributed by atoms with van der Waals surface area (Å²) in [5.74, 6) is 1.22. The second-order valence-corrected chi connectivity index (χ2v) is 4.67. The zero-order chi connectivity index (χ0) is 13.2. The van der Waals surface area contributed by atoms with Crippen LogP contribution in [-0.2, 0) is 0 Å². The van der Waals surface area contributed by atoms with E-state index in [0.717, 1.165) is 19.4 Å². The molecule has 0 saturated carbocycles. The van der Waals surface area contributed by atoms with Crippen molar-refractivity contribution in [2.45, 2.75) is 32.2 Å². The minimum absolute atomic E-state index is 0.202. The molecule has 0 spiro atoms. The van der Waals surface area contributed by atoms with Crippen LogP contribution in [-0.4, -0.2) is 42.3 Å². The van der Waals surface area contributed by atoms with Gasteiger partial charge in [0.25, 0.3) is 5.95 Å². The second kappa shape index (κ2) is 4.79. The van der Waals surface area contributed by atoms with E-state index in [1.807, 2.05) is 0 Å². The Morgan fingerprint density at radius 3 is 2.79 bits per heavy atom. The lowest BCUT2D eigenvalue weighted by Crippen LogP contribution is -2.39. The van der Waals surface area contributed by atoms with Crippen molar-refractivity contribution in [1.82, 2.24) is 29.7 Å². The highest BCUT2D eigenvalue weighted by Crippen LogP contribution is 2.22. The Morgan fingerprint density at radius 2 is 2.05 bits per heavy atom. The van der Waals surface area contributed by atoms with Gasteiger partial charge in [-0.3, -0.25) is 0 Å².